The quantitative estimate of drug-likeness (QED) is 0.728. The van der Waals surface area contributed by atoms with Crippen LogP contribution in [0, 0.1) is 0 Å². The molecule has 1 aliphatic rings. The summed E-state index contributed by atoms with van der Waals surface area (Å²) >= 11 is 0. The lowest BCUT2D eigenvalue weighted by Gasteiger charge is -2.23. The van der Waals surface area contributed by atoms with E-state index in [0.29, 0.717) is 16.9 Å². The van der Waals surface area contributed by atoms with Crippen LogP contribution in [0.25, 0.3) is 21.8 Å². The summed E-state index contributed by atoms with van der Waals surface area (Å²) in [7, 11) is 1.36. The second-order valence-electron chi connectivity index (χ2n) is 5.89. The zero-order chi connectivity index (χ0) is 16.7. The molecular weight excluding hydrogens is 308 g/mol. The Bertz CT molecular complexity index is 928. The van der Waals surface area contributed by atoms with E-state index in [4.69, 9.17) is 15.2 Å². The van der Waals surface area contributed by atoms with Crippen LogP contribution in [0.5, 0.6) is 0 Å². The molecule has 7 heteroatoms. The monoisotopic (exact) mass is 326 g/mol. The Morgan fingerprint density at radius 3 is 3.00 bits per heavy atom. The Hall–Kier alpha value is -2.67. The Balaban J connectivity index is 1.98. The number of nitrogens with two attached hydrogens (primary N) is 1. The average molecular weight is 326 g/mol. The number of fused-ring (bicyclic) bond motifs is 3. The SMILES string of the molecule is COC(=O)c1ccc2nc(N)c3cnn(C4CCCCO4)c3c2c1. The smallest absolute Gasteiger partial charge is 0.337 e. The van der Waals surface area contributed by atoms with E-state index in [1.165, 1.54) is 7.11 Å². The molecule has 2 aromatic heterocycles. The van der Waals surface area contributed by atoms with Crippen LogP contribution in [-0.4, -0.2) is 34.5 Å². The number of pyridine rings is 1. The maximum Gasteiger partial charge on any atom is 0.337 e. The van der Waals surface area contributed by atoms with Crippen molar-refractivity contribution >= 4 is 33.6 Å². The van der Waals surface area contributed by atoms with E-state index in [1.54, 1.807) is 24.4 Å². The molecule has 3 heterocycles. The van der Waals surface area contributed by atoms with Crippen LogP contribution in [-0.2, 0) is 9.47 Å². The minimum absolute atomic E-state index is 0.122. The first-order valence-electron chi connectivity index (χ1n) is 7.95. The van der Waals surface area contributed by atoms with Crippen molar-refractivity contribution in [1.29, 1.82) is 0 Å². The van der Waals surface area contributed by atoms with E-state index in [0.717, 1.165) is 42.2 Å². The molecule has 4 rings (SSSR count). The van der Waals surface area contributed by atoms with Crippen LogP contribution in [0.4, 0.5) is 5.82 Å². The van der Waals surface area contributed by atoms with Gasteiger partial charge in [0.05, 0.1) is 35.3 Å². The van der Waals surface area contributed by atoms with Crippen molar-refractivity contribution in [2.24, 2.45) is 0 Å². The third-order valence-electron chi connectivity index (χ3n) is 4.41. The Morgan fingerprint density at radius 2 is 2.25 bits per heavy atom. The highest BCUT2D eigenvalue weighted by atomic mass is 16.5. The van der Waals surface area contributed by atoms with Gasteiger partial charge >= 0.3 is 5.97 Å². The van der Waals surface area contributed by atoms with E-state index >= 15 is 0 Å². The number of benzene rings is 1. The number of hydrogen-bond acceptors (Lipinski definition) is 6. The molecule has 0 saturated carbocycles. The fraction of sp³-hybridized carbons (Fsp3) is 0.353. The van der Waals surface area contributed by atoms with E-state index in [2.05, 4.69) is 10.1 Å². The van der Waals surface area contributed by atoms with Crippen LogP contribution in [0.1, 0.15) is 35.8 Å². The number of methoxy groups -OCH3 is 1. The standard InChI is InChI=1S/C17H18N4O3/c1-23-17(22)10-5-6-13-11(8-10)15-12(16(18)20-13)9-19-21(15)14-4-2-3-7-24-14/h5-6,8-9,14H,2-4,7H2,1H3,(H2,18,20). The van der Waals surface area contributed by atoms with Gasteiger partial charge in [0.15, 0.2) is 6.23 Å². The van der Waals surface area contributed by atoms with Crippen LogP contribution in [0.2, 0.25) is 0 Å². The topological polar surface area (TPSA) is 92.3 Å². The second-order valence-corrected chi connectivity index (χ2v) is 5.89. The summed E-state index contributed by atoms with van der Waals surface area (Å²) in [5.41, 5.74) is 8.12. The van der Waals surface area contributed by atoms with Crippen molar-refractivity contribution in [1.82, 2.24) is 14.8 Å². The molecule has 3 aromatic rings. The summed E-state index contributed by atoms with van der Waals surface area (Å²) in [6, 6.07) is 5.23. The number of ether oxygens (including phenoxy) is 2. The lowest BCUT2D eigenvalue weighted by atomic mass is 10.1. The maximum atomic E-state index is 11.9. The number of esters is 1. The Labute approximate surface area is 138 Å². The second kappa shape index (κ2) is 5.76. The molecule has 24 heavy (non-hydrogen) atoms. The summed E-state index contributed by atoms with van der Waals surface area (Å²) in [6.07, 6.45) is 4.64. The summed E-state index contributed by atoms with van der Waals surface area (Å²) in [5, 5.41) is 6.06. The largest absolute Gasteiger partial charge is 0.465 e. The molecule has 7 nitrogen and oxygen atoms in total. The molecule has 0 amide bonds. The maximum absolute atomic E-state index is 11.9. The van der Waals surface area contributed by atoms with Gasteiger partial charge in [0.25, 0.3) is 0 Å². The molecule has 1 saturated heterocycles. The molecular formula is C17H18N4O3. The first-order valence-corrected chi connectivity index (χ1v) is 7.95. The van der Waals surface area contributed by atoms with Gasteiger partial charge in [-0.25, -0.2) is 14.5 Å². The third-order valence-corrected chi connectivity index (χ3v) is 4.41. The van der Waals surface area contributed by atoms with Gasteiger partial charge in [-0.3, -0.25) is 0 Å². The van der Waals surface area contributed by atoms with Crippen molar-refractivity contribution < 1.29 is 14.3 Å². The summed E-state index contributed by atoms with van der Waals surface area (Å²) in [6.45, 7) is 0.720. The van der Waals surface area contributed by atoms with Gasteiger partial charge in [0, 0.05) is 12.0 Å². The molecule has 0 radical (unpaired) electrons. The van der Waals surface area contributed by atoms with E-state index in [1.807, 2.05) is 4.68 Å². The minimum atomic E-state index is -0.387. The molecule has 124 valence electrons. The van der Waals surface area contributed by atoms with Gasteiger partial charge in [-0.2, -0.15) is 5.10 Å². The lowest BCUT2D eigenvalue weighted by Crippen LogP contribution is -2.19. The van der Waals surface area contributed by atoms with Gasteiger partial charge in [-0.15, -0.1) is 0 Å². The molecule has 1 aliphatic heterocycles. The van der Waals surface area contributed by atoms with Gasteiger partial charge < -0.3 is 15.2 Å². The minimum Gasteiger partial charge on any atom is -0.465 e. The van der Waals surface area contributed by atoms with Crippen molar-refractivity contribution in [3.05, 3.63) is 30.0 Å². The van der Waals surface area contributed by atoms with E-state index < -0.39 is 0 Å². The number of anilines is 1. The number of hydrogen-bond donors (Lipinski definition) is 1. The summed E-state index contributed by atoms with van der Waals surface area (Å²) in [5.74, 6) is 0.0345. The number of rotatable bonds is 2. The van der Waals surface area contributed by atoms with E-state index in [-0.39, 0.29) is 12.2 Å². The molecule has 0 spiro atoms. The third kappa shape index (κ3) is 2.28. The number of nitrogen functional groups attached to an aromatic ring is 1. The lowest BCUT2D eigenvalue weighted by molar-refractivity contribution is -0.0365. The molecule has 1 atom stereocenters. The predicted octanol–water partition coefficient (Wildman–Crippen LogP) is 2.65. The first-order chi connectivity index (χ1) is 11.7. The Kier molecular flexibility index (Phi) is 3.57. The summed E-state index contributed by atoms with van der Waals surface area (Å²) in [4.78, 5) is 16.3. The van der Waals surface area contributed by atoms with Crippen molar-refractivity contribution in [2.75, 3.05) is 19.5 Å². The predicted molar refractivity (Wildman–Crippen MR) is 89.6 cm³/mol. The van der Waals surface area contributed by atoms with Crippen molar-refractivity contribution in [3.63, 3.8) is 0 Å². The van der Waals surface area contributed by atoms with Crippen LogP contribution in [0.3, 0.4) is 0 Å². The van der Waals surface area contributed by atoms with Crippen molar-refractivity contribution in [2.45, 2.75) is 25.5 Å². The highest BCUT2D eigenvalue weighted by Crippen LogP contribution is 2.33. The van der Waals surface area contributed by atoms with Crippen LogP contribution < -0.4 is 5.73 Å². The van der Waals surface area contributed by atoms with Crippen LogP contribution in [0.15, 0.2) is 24.4 Å². The number of carbonyl (C=O) groups excluding carboxylic acids is 1. The summed E-state index contributed by atoms with van der Waals surface area (Å²) < 4.78 is 12.5. The fourth-order valence-corrected chi connectivity index (χ4v) is 3.21. The van der Waals surface area contributed by atoms with E-state index in [9.17, 15) is 4.79 Å². The molecule has 0 bridgehead atoms. The zero-order valence-electron chi connectivity index (χ0n) is 13.4. The zero-order valence-corrected chi connectivity index (χ0v) is 13.4. The number of aromatic nitrogens is 3. The highest BCUT2D eigenvalue weighted by Gasteiger charge is 2.22. The van der Waals surface area contributed by atoms with Crippen LogP contribution >= 0.6 is 0 Å². The number of carbonyl (C=O) groups is 1. The normalized spacial score (nSPS) is 18.1. The van der Waals surface area contributed by atoms with Gasteiger partial charge in [0.1, 0.15) is 5.82 Å². The molecule has 0 aliphatic carbocycles. The fourth-order valence-electron chi connectivity index (χ4n) is 3.21. The Morgan fingerprint density at radius 1 is 1.38 bits per heavy atom. The molecule has 1 aromatic carbocycles. The van der Waals surface area contributed by atoms with Crippen molar-refractivity contribution in [3.8, 4) is 0 Å². The number of nitrogens with zero attached hydrogens (tertiary/aromatic N) is 3. The van der Waals surface area contributed by atoms with Gasteiger partial charge in [0.2, 0.25) is 0 Å². The first kappa shape index (κ1) is 14.9. The molecule has 2 N–H and O–H groups in total. The van der Waals surface area contributed by atoms with Gasteiger partial charge in [-0.1, -0.05) is 0 Å². The van der Waals surface area contributed by atoms with Gasteiger partial charge in [-0.05, 0) is 37.5 Å². The highest BCUT2D eigenvalue weighted by molar-refractivity contribution is 6.09. The molecule has 1 fully saturated rings. The molecule has 1 unspecified atom stereocenters. The average Bonchev–Trinajstić information content (AvgIpc) is 3.08.